The highest BCUT2D eigenvalue weighted by molar-refractivity contribution is 7.11. The lowest BCUT2D eigenvalue weighted by atomic mass is 10.1. The second kappa shape index (κ2) is 6.20. The van der Waals surface area contributed by atoms with Gasteiger partial charge < -0.3 is 5.32 Å². The summed E-state index contributed by atoms with van der Waals surface area (Å²) in [4.78, 5) is 5.59. The van der Waals surface area contributed by atoms with Crippen LogP contribution in [0.4, 0.5) is 4.39 Å². The first-order valence-electron chi connectivity index (χ1n) is 6.46. The first kappa shape index (κ1) is 15.4. The van der Waals surface area contributed by atoms with Crippen molar-refractivity contribution >= 4 is 22.9 Å². The summed E-state index contributed by atoms with van der Waals surface area (Å²) < 4.78 is 13.0. The molecule has 2 rings (SSSR count). The van der Waals surface area contributed by atoms with Crippen LogP contribution >= 0.6 is 22.9 Å². The Morgan fingerprint density at radius 2 is 2.10 bits per heavy atom. The van der Waals surface area contributed by atoms with Crippen molar-refractivity contribution in [1.29, 1.82) is 0 Å². The molecule has 1 N–H and O–H groups in total. The van der Waals surface area contributed by atoms with E-state index in [0.717, 1.165) is 17.1 Å². The Balaban J connectivity index is 2.02. The summed E-state index contributed by atoms with van der Waals surface area (Å²) in [6, 6.07) is 4.48. The number of nitrogens with zero attached hydrogens (tertiary/aromatic N) is 1. The maximum atomic E-state index is 13.0. The third-order valence-electron chi connectivity index (χ3n) is 2.75. The molecule has 1 aromatic heterocycles. The maximum absolute atomic E-state index is 13.0. The molecular weight excluding hydrogens is 295 g/mol. The Labute approximate surface area is 128 Å². The summed E-state index contributed by atoms with van der Waals surface area (Å²) >= 11 is 7.69. The van der Waals surface area contributed by atoms with Crippen molar-refractivity contribution < 1.29 is 4.39 Å². The fraction of sp³-hybridized carbons (Fsp3) is 0.400. The van der Waals surface area contributed by atoms with Gasteiger partial charge in [-0.1, -0.05) is 17.7 Å². The van der Waals surface area contributed by atoms with Crippen LogP contribution in [0.5, 0.6) is 0 Å². The molecule has 5 heteroatoms. The quantitative estimate of drug-likeness (QED) is 0.904. The SMILES string of the molecule is CC(C)(C)NCc1cnc(Cc2ccc(F)cc2Cl)s1. The van der Waals surface area contributed by atoms with Crippen molar-refractivity contribution in [3.8, 4) is 0 Å². The molecule has 2 aromatic rings. The minimum absolute atomic E-state index is 0.0877. The number of nitrogens with one attached hydrogen (secondary N) is 1. The van der Waals surface area contributed by atoms with E-state index in [1.165, 1.54) is 17.0 Å². The molecule has 2 nitrogen and oxygen atoms in total. The predicted octanol–water partition coefficient (Wildman–Crippen LogP) is 4.41. The predicted molar refractivity (Wildman–Crippen MR) is 82.9 cm³/mol. The Morgan fingerprint density at radius 3 is 2.75 bits per heavy atom. The van der Waals surface area contributed by atoms with E-state index in [2.05, 4.69) is 31.1 Å². The minimum Gasteiger partial charge on any atom is -0.307 e. The van der Waals surface area contributed by atoms with Gasteiger partial charge in [0, 0.05) is 34.6 Å². The third-order valence-corrected chi connectivity index (χ3v) is 4.10. The topological polar surface area (TPSA) is 24.9 Å². The first-order valence-corrected chi connectivity index (χ1v) is 7.65. The van der Waals surface area contributed by atoms with E-state index >= 15 is 0 Å². The second-order valence-corrected chi connectivity index (χ2v) is 7.34. The lowest BCUT2D eigenvalue weighted by molar-refractivity contribution is 0.426. The van der Waals surface area contributed by atoms with Gasteiger partial charge in [-0.05, 0) is 38.5 Å². The van der Waals surface area contributed by atoms with Gasteiger partial charge in [-0.3, -0.25) is 0 Å². The van der Waals surface area contributed by atoms with Crippen LogP contribution in [0.15, 0.2) is 24.4 Å². The van der Waals surface area contributed by atoms with Crippen molar-refractivity contribution in [2.75, 3.05) is 0 Å². The molecule has 0 spiro atoms. The smallest absolute Gasteiger partial charge is 0.124 e. The molecule has 0 aliphatic rings. The molecule has 0 bridgehead atoms. The fourth-order valence-electron chi connectivity index (χ4n) is 1.69. The number of hydrogen-bond acceptors (Lipinski definition) is 3. The van der Waals surface area contributed by atoms with Gasteiger partial charge in [-0.2, -0.15) is 0 Å². The molecular formula is C15H18ClFN2S. The lowest BCUT2D eigenvalue weighted by Crippen LogP contribution is -2.34. The average Bonchev–Trinajstić information content (AvgIpc) is 2.77. The van der Waals surface area contributed by atoms with E-state index in [1.54, 1.807) is 17.4 Å². The van der Waals surface area contributed by atoms with Crippen LogP contribution in [0.2, 0.25) is 5.02 Å². The minimum atomic E-state index is -0.312. The molecule has 0 unspecified atom stereocenters. The molecule has 1 heterocycles. The maximum Gasteiger partial charge on any atom is 0.124 e. The Kier molecular flexibility index (Phi) is 4.78. The van der Waals surface area contributed by atoms with E-state index in [1.807, 2.05) is 6.20 Å². The van der Waals surface area contributed by atoms with Crippen molar-refractivity contribution in [1.82, 2.24) is 10.3 Å². The highest BCUT2D eigenvalue weighted by Gasteiger charge is 2.11. The van der Waals surface area contributed by atoms with Gasteiger partial charge in [0.25, 0.3) is 0 Å². The van der Waals surface area contributed by atoms with Crippen LogP contribution in [-0.4, -0.2) is 10.5 Å². The number of hydrogen-bond donors (Lipinski definition) is 1. The molecule has 0 aliphatic heterocycles. The molecule has 1 aromatic carbocycles. The standard InChI is InChI=1S/C15H18ClFN2S/c1-15(2,3)19-9-12-8-18-14(20-12)6-10-4-5-11(17)7-13(10)16/h4-5,7-8,19H,6,9H2,1-3H3. The third kappa shape index (κ3) is 4.54. The Hall–Kier alpha value is -0.970. The zero-order valence-electron chi connectivity index (χ0n) is 11.8. The van der Waals surface area contributed by atoms with Crippen molar-refractivity contribution in [3.05, 3.63) is 50.7 Å². The van der Waals surface area contributed by atoms with E-state index < -0.39 is 0 Å². The van der Waals surface area contributed by atoms with Gasteiger partial charge in [-0.25, -0.2) is 9.37 Å². The molecule has 108 valence electrons. The van der Waals surface area contributed by atoms with Crippen molar-refractivity contribution in [3.63, 3.8) is 0 Å². The largest absolute Gasteiger partial charge is 0.307 e. The number of rotatable bonds is 4. The van der Waals surface area contributed by atoms with E-state index in [9.17, 15) is 4.39 Å². The van der Waals surface area contributed by atoms with Crippen LogP contribution in [0.1, 0.15) is 36.2 Å². The van der Waals surface area contributed by atoms with E-state index in [0.29, 0.717) is 11.4 Å². The van der Waals surface area contributed by atoms with Gasteiger partial charge in [0.1, 0.15) is 5.82 Å². The Bertz CT molecular complexity index is 590. The van der Waals surface area contributed by atoms with Crippen LogP contribution in [-0.2, 0) is 13.0 Å². The zero-order valence-corrected chi connectivity index (χ0v) is 13.4. The summed E-state index contributed by atoms with van der Waals surface area (Å²) in [6.45, 7) is 7.20. The molecule has 0 saturated heterocycles. The molecule has 0 aliphatic carbocycles. The van der Waals surface area contributed by atoms with Gasteiger partial charge >= 0.3 is 0 Å². The molecule has 0 saturated carbocycles. The Morgan fingerprint density at radius 1 is 1.35 bits per heavy atom. The first-order chi connectivity index (χ1) is 9.33. The summed E-state index contributed by atoms with van der Waals surface area (Å²) in [5.74, 6) is -0.312. The van der Waals surface area contributed by atoms with Crippen LogP contribution < -0.4 is 5.32 Å². The van der Waals surface area contributed by atoms with Crippen LogP contribution in [0, 0.1) is 5.82 Å². The van der Waals surface area contributed by atoms with Crippen molar-refractivity contribution in [2.24, 2.45) is 0 Å². The van der Waals surface area contributed by atoms with E-state index in [-0.39, 0.29) is 11.4 Å². The molecule has 0 amide bonds. The number of thiazole rings is 1. The number of halogens is 2. The molecule has 0 fully saturated rings. The number of benzene rings is 1. The second-order valence-electron chi connectivity index (χ2n) is 5.74. The lowest BCUT2D eigenvalue weighted by Gasteiger charge is -2.19. The molecule has 0 radical (unpaired) electrons. The van der Waals surface area contributed by atoms with Gasteiger partial charge in [-0.15, -0.1) is 11.3 Å². The molecule has 20 heavy (non-hydrogen) atoms. The zero-order chi connectivity index (χ0) is 14.8. The fourth-order valence-corrected chi connectivity index (χ4v) is 2.81. The summed E-state index contributed by atoms with van der Waals surface area (Å²) in [7, 11) is 0. The number of aromatic nitrogens is 1. The highest BCUT2D eigenvalue weighted by Crippen LogP contribution is 2.23. The highest BCUT2D eigenvalue weighted by atomic mass is 35.5. The van der Waals surface area contributed by atoms with Crippen molar-refractivity contribution in [2.45, 2.75) is 39.3 Å². The van der Waals surface area contributed by atoms with Gasteiger partial charge in [0.15, 0.2) is 0 Å². The normalized spacial score (nSPS) is 11.8. The van der Waals surface area contributed by atoms with E-state index in [4.69, 9.17) is 11.6 Å². The van der Waals surface area contributed by atoms with Crippen LogP contribution in [0.25, 0.3) is 0 Å². The van der Waals surface area contributed by atoms with Crippen LogP contribution in [0.3, 0.4) is 0 Å². The van der Waals surface area contributed by atoms with Gasteiger partial charge in [0.05, 0.1) is 5.01 Å². The summed E-state index contributed by atoms with van der Waals surface area (Å²) in [6.07, 6.45) is 2.52. The molecule has 0 atom stereocenters. The summed E-state index contributed by atoms with van der Waals surface area (Å²) in [5.41, 5.74) is 0.988. The average molecular weight is 313 g/mol. The monoisotopic (exact) mass is 312 g/mol. The van der Waals surface area contributed by atoms with Gasteiger partial charge in [0.2, 0.25) is 0 Å². The summed E-state index contributed by atoms with van der Waals surface area (Å²) in [5, 5.41) is 4.87.